The average Bonchev–Trinajstić information content (AvgIpc) is 3.70. The maximum absolute atomic E-state index is 15.4. The summed E-state index contributed by atoms with van der Waals surface area (Å²) in [6.45, 7) is 8.59. The normalized spacial score (nSPS) is 15.0. The van der Waals surface area contributed by atoms with Gasteiger partial charge in [-0.05, 0) is 56.9 Å². The largest absolute Gasteiger partial charge is 0.496 e. The number of hydrogen-bond acceptors (Lipinski definition) is 11. The molecule has 0 bridgehead atoms. The average molecular weight is 795 g/mol. The first-order valence-electron chi connectivity index (χ1n) is 19.0. The molecule has 6 rings (SSSR count). The number of hydrogen-bond donors (Lipinski definition) is 0. The van der Waals surface area contributed by atoms with Crippen LogP contribution < -0.4 is 23.7 Å². The minimum Gasteiger partial charge on any atom is -0.496 e. The summed E-state index contributed by atoms with van der Waals surface area (Å²) in [4.78, 5) is 59.1. The second-order valence-corrected chi connectivity index (χ2v) is 15.2. The number of likely N-dealkylation sites (N-methyl/N-ethyl adjacent to an activating group) is 1. The van der Waals surface area contributed by atoms with Gasteiger partial charge in [-0.2, -0.15) is 0 Å². The molecular weight excluding hydrogens is 744 g/mol. The molecule has 4 aromatic carbocycles. The third kappa shape index (κ3) is 8.59. The summed E-state index contributed by atoms with van der Waals surface area (Å²) >= 11 is 0. The highest BCUT2D eigenvalue weighted by molar-refractivity contribution is 6.07. The molecule has 0 saturated heterocycles. The Morgan fingerprint density at radius 2 is 1.53 bits per heavy atom. The van der Waals surface area contributed by atoms with Crippen molar-refractivity contribution >= 4 is 24.1 Å². The summed E-state index contributed by atoms with van der Waals surface area (Å²) in [5.74, 6) is 0.611. The van der Waals surface area contributed by atoms with Gasteiger partial charge >= 0.3 is 6.09 Å². The molecule has 58 heavy (non-hydrogen) atoms. The van der Waals surface area contributed by atoms with Crippen LogP contribution in [0.3, 0.4) is 0 Å². The van der Waals surface area contributed by atoms with Crippen LogP contribution in [0.4, 0.5) is 4.79 Å². The Morgan fingerprint density at radius 3 is 2.14 bits per heavy atom. The van der Waals surface area contributed by atoms with E-state index in [-0.39, 0.29) is 56.5 Å². The van der Waals surface area contributed by atoms with Gasteiger partial charge in [0.2, 0.25) is 12.7 Å². The Morgan fingerprint density at radius 1 is 0.914 bits per heavy atom. The highest BCUT2D eigenvalue weighted by Crippen LogP contribution is 2.52. The predicted molar refractivity (Wildman–Crippen MR) is 214 cm³/mol. The topological polar surface area (TPSA) is 139 Å². The maximum atomic E-state index is 15.4. The minimum absolute atomic E-state index is 0.0511. The highest BCUT2D eigenvalue weighted by atomic mass is 16.7. The van der Waals surface area contributed by atoms with Gasteiger partial charge < -0.3 is 38.1 Å². The van der Waals surface area contributed by atoms with E-state index in [2.05, 4.69) is 0 Å². The summed E-state index contributed by atoms with van der Waals surface area (Å²) < 4.78 is 41.7. The van der Waals surface area contributed by atoms with Gasteiger partial charge in [0.15, 0.2) is 35.1 Å². The smallest absolute Gasteiger partial charge is 0.410 e. The van der Waals surface area contributed by atoms with E-state index in [1.165, 1.54) is 31.1 Å². The van der Waals surface area contributed by atoms with Crippen LogP contribution in [0.2, 0.25) is 0 Å². The van der Waals surface area contributed by atoms with E-state index in [0.717, 1.165) is 11.1 Å². The van der Waals surface area contributed by atoms with Crippen LogP contribution >= 0.6 is 0 Å². The number of ether oxygens (including phenoxy) is 7. The molecule has 0 N–H and O–H groups in total. The van der Waals surface area contributed by atoms with Crippen molar-refractivity contribution in [3.63, 3.8) is 0 Å². The number of benzene rings is 4. The lowest BCUT2D eigenvalue weighted by Gasteiger charge is -2.41. The number of fused-ring (bicyclic) bond motifs is 3. The predicted octanol–water partition coefficient (Wildman–Crippen LogP) is 7.20. The van der Waals surface area contributed by atoms with Crippen LogP contribution in [-0.4, -0.2) is 86.7 Å². The van der Waals surface area contributed by atoms with Gasteiger partial charge in [-0.1, -0.05) is 66.7 Å². The van der Waals surface area contributed by atoms with E-state index in [1.807, 2.05) is 60.7 Å². The van der Waals surface area contributed by atoms with Gasteiger partial charge in [-0.25, -0.2) is 4.79 Å². The summed E-state index contributed by atoms with van der Waals surface area (Å²) in [6.07, 6.45) is -0.276. The number of aryl methyl sites for hydroxylation is 1. The van der Waals surface area contributed by atoms with Crippen LogP contribution in [0.25, 0.3) is 0 Å². The lowest BCUT2D eigenvalue weighted by atomic mass is 9.87. The summed E-state index contributed by atoms with van der Waals surface area (Å²) in [5.41, 5.74) is 3.33. The van der Waals surface area contributed by atoms with E-state index < -0.39 is 35.5 Å². The van der Waals surface area contributed by atoms with Gasteiger partial charge in [0.05, 0.1) is 51.1 Å². The van der Waals surface area contributed by atoms with Crippen LogP contribution in [0.15, 0.2) is 66.7 Å². The number of carbonyl (C=O) groups is 4. The Labute approximate surface area is 338 Å². The number of carbonyl (C=O) groups excluding carboxylic acids is 4. The molecule has 0 saturated carbocycles. The SMILES string of the molecule is COc1c(C)cc(C[C@@H](C(=O)N2CC(=O)c3c(OC)c(C)c4c(c3[C@@H]2COCc2ccccc2)OCO4)N(C)C(=O)OC(C)(C)C)c(C=O)c1OCc1ccccc1. The highest BCUT2D eigenvalue weighted by Gasteiger charge is 2.46. The van der Waals surface area contributed by atoms with Crippen molar-refractivity contribution in [1.82, 2.24) is 9.80 Å². The van der Waals surface area contributed by atoms with Crippen molar-refractivity contribution in [3.8, 4) is 28.7 Å². The van der Waals surface area contributed by atoms with E-state index in [1.54, 1.807) is 40.7 Å². The number of aldehydes is 1. The number of rotatable bonds is 14. The lowest BCUT2D eigenvalue weighted by Crippen LogP contribution is -2.55. The Hall–Kier alpha value is -6.08. The molecule has 0 unspecified atom stereocenters. The first-order valence-corrected chi connectivity index (χ1v) is 19.0. The molecule has 306 valence electrons. The van der Waals surface area contributed by atoms with Crippen molar-refractivity contribution in [2.24, 2.45) is 0 Å². The van der Waals surface area contributed by atoms with E-state index in [0.29, 0.717) is 51.5 Å². The van der Waals surface area contributed by atoms with Gasteiger partial charge in [0.25, 0.3) is 0 Å². The minimum atomic E-state index is -1.29. The Bertz CT molecular complexity index is 2170. The molecule has 2 atom stereocenters. The first-order chi connectivity index (χ1) is 27.8. The second-order valence-electron chi connectivity index (χ2n) is 15.2. The van der Waals surface area contributed by atoms with Gasteiger partial charge in [-0.3, -0.25) is 19.3 Å². The van der Waals surface area contributed by atoms with Crippen LogP contribution in [0.5, 0.6) is 28.7 Å². The van der Waals surface area contributed by atoms with Crippen molar-refractivity contribution < 1.29 is 52.3 Å². The number of Topliss-reactive ketones (excluding diaryl/α,β-unsaturated/α-hetero) is 1. The fourth-order valence-corrected chi connectivity index (χ4v) is 7.43. The molecule has 2 amide bonds. The quantitative estimate of drug-likeness (QED) is 0.120. The summed E-state index contributed by atoms with van der Waals surface area (Å²) in [7, 11) is 4.42. The van der Waals surface area contributed by atoms with Gasteiger partial charge in [0.1, 0.15) is 24.0 Å². The van der Waals surface area contributed by atoms with Gasteiger partial charge in [0, 0.05) is 24.6 Å². The fourth-order valence-electron chi connectivity index (χ4n) is 7.43. The number of nitrogens with zero attached hydrogens (tertiary/aromatic N) is 2. The Balaban J connectivity index is 1.46. The van der Waals surface area contributed by atoms with E-state index >= 15 is 4.79 Å². The molecule has 2 aliphatic heterocycles. The van der Waals surface area contributed by atoms with Crippen molar-refractivity contribution in [3.05, 3.63) is 111 Å². The zero-order chi connectivity index (χ0) is 41.7. The number of amides is 2. The van der Waals surface area contributed by atoms with Crippen molar-refractivity contribution in [2.75, 3.05) is 41.2 Å². The van der Waals surface area contributed by atoms with Crippen molar-refractivity contribution in [1.29, 1.82) is 0 Å². The Kier molecular flexibility index (Phi) is 12.6. The monoisotopic (exact) mass is 794 g/mol. The van der Waals surface area contributed by atoms with Crippen LogP contribution in [-0.2, 0) is 33.9 Å². The third-order valence-corrected chi connectivity index (χ3v) is 10.2. The standard InChI is InChI=1S/C45H50N2O11/c1-27-19-31(32(22-48)41(38(27)52-7)55-24-30-17-13-10-14-18-30)20-33(46(6)44(51)58-45(3,4)5)43(50)47-21-35(49)37-36(34(47)25-54-23-29-15-11-9-12-16-29)42-40(56-26-57-42)28(2)39(37)53-8/h9-19,22,33-34H,20-21,23-26H2,1-8H3/t33-,34-/m0/s1. The molecule has 2 aliphatic rings. The molecule has 4 aromatic rings. The van der Waals surface area contributed by atoms with Crippen LogP contribution in [0, 0.1) is 13.8 Å². The molecule has 0 fully saturated rings. The molecular formula is C45H50N2O11. The zero-order valence-electron chi connectivity index (χ0n) is 34.2. The second kappa shape index (κ2) is 17.6. The fraction of sp³-hybridized carbons (Fsp3) is 0.378. The molecule has 13 heteroatoms. The van der Waals surface area contributed by atoms with E-state index in [4.69, 9.17) is 33.2 Å². The third-order valence-electron chi connectivity index (χ3n) is 10.2. The maximum Gasteiger partial charge on any atom is 0.410 e. The number of methoxy groups -OCH3 is 2. The van der Waals surface area contributed by atoms with Gasteiger partial charge in [-0.15, -0.1) is 0 Å². The van der Waals surface area contributed by atoms with E-state index in [9.17, 15) is 14.4 Å². The molecule has 0 aromatic heterocycles. The van der Waals surface area contributed by atoms with Crippen molar-refractivity contribution in [2.45, 2.75) is 71.9 Å². The first kappa shape index (κ1) is 41.6. The molecule has 2 heterocycles. The summed E-state index contributed by atoms with van der Waals surface area (Å²) in [5, 5.41) is 0. The zero-order valence-corrected chi connectivity index (χ0v) is 34.2. The number of ketones is 1. The van der Waals surface area contributed by atoms with Crippen LogP contribution in [0.1, 0.15) is 80.9 Å². The molecule has 0 spiro atoms. The molecule has 0 aliphatic carbocycles. The lowest BCUT2D eigenvalue weighted by molar-refractivity contribution is -0.140. The molecule has 0 radical (unpaired) electrons. The summed E-state index contributed by atoms with van der Waals surface area (Å²) in [6, 6.07) is 18.6. The molecule has 13 nitrogen and oxygen atoms in total.